The first-order valence-corrected chi connectivity index (χ1v) is 7.22. The van der Waals surface area contributed by atoms with Crippen molar-refractivity contribution in [2.24, 2.45) is 5.92 Å². The van der Waals surface area contributed by atoms with E-state index < -0.39 is 4.92 Å². The van der Waals surface area contributed by atoms with E-state index in [0.29, 0.717) is 30.1 Å². The van der Waals surface area contributed by atoms with Gasteiger partial charge >= 0.3 is 0 Å². The van der Waals surface area contributed by atoms with Gasteiger partial charge in [0.05, 0.1) is 4.92 Å². The fraction of sp³-hybridized carbons (Fsp3) is 0.533. The lowest BCUT2D eigenvalue weighted by Crippen LogP contribution is -2.40. The summed E-state index contributed by atoms with van der Waals surface area (Å²) in [7, 11) is 1.93. The smallest absolute Gasteiger partial charge is 0.273 e. The molecular weight excluding hydrogens is 306 g/mol. The van der Waals surface area contributed by atoms with E-state index in [4.69, 9.17) is 0 Å². The summed E-state index contributed by atoms with van der Waals surface area (Å²) in [6.45, 7) is 4.04. The zero-order chi connectivity index (χ0) is 15.4. The van der Waals surface area contributed by atoms with Gasteiger partial charge in [-0.15, -0.1) is 12.4 Å². The van der Waals surface area contributed by atoms with Crippen LogP contribution < -0.4 is 5.32 Å². The second-order valence-electron chi connectivity index (χ2n) is 5.50. The molecule has 2 rings (SSSR count). The van der Waals surface area contributed by atoms with Gasteiger partial charge in [0.1, 0.15) is 0 Å². The Morgan fingerprint density at radius 2 is 2.05 bits per heavy atom. The lowest BCUT2D eigenvalue weighted by molar-refractivity contribution is -0.385. The lowest BCUT2D eigenvalue weighted by Gasteiger charge is -2.32. The number of hydrogen-bond acceptors (Lipinski definition) is 4. The number of nitro groups is 1. The Morgan fingerprint density at radius 1 is 1.41 bits per heavy atom. The van der Waals surface area contributed by atoms with Crippen LogP contribution in [0.15, 0.2) is 18.2 Å². The fourth-order valence-electron chi connectivity index (χ4n) is 2.85. The SMILES string of the molecule is CNCC1CCN(C(=O)c2cccc([N+](=O)[O-])c2C)CC1.Cl. The topological polar surface area (TPSA) is 75.5 Å². The van der Waals surface area contributed by atoms with Crippen LogP contribution in [0, 0.1) is 23.0 Å². The summed E-state index contributed by atoms with van der Waals surface area (Å²) < 4.78 is 0. The molecule has 0 aliphatic carbocycles. The molecule has 1 aromatic rings. The number of piperidine rings is 1. The van der Waals surface area contributed by atoms with Crippen LogP contribution in [0.3, 0.4) is 0 Å². The summed E-state index contributed by atoms with van der Waals surface area (Å²) in [4.78, 5) is 24.9. The van der Waals surface area contributed by atoms with E-state index in [2.05, 4.69) is 5.32 Å². The van der Waals surface area contributed by atoms with Gasteiger partial charge in [-0.1, -0.05) is 6.07 Å². The van der Waals surface area contributed by atoms with Gasteiger partial charge < -0.3 is 10.2 Å². The standard InChI is InChI=1S/C15H21N3O3.ClH/c1-11-13(4-3-5-14(11)18(20)21)15(19)17-8-6-12(7-9-17)10-16-2;/h3-5,12,16H,6-10H2,1-2H3;1H. The molecule has 22 heavy (non-hydrogen) atoms. The van der Waals surface area contributed by atoms with Gasteiger partial charge in [-0.05, 0) is 45.3 Å². The summed E-state index contributed by atoms with van der Waals surface area (Å²) in [5, 5.41) is 14.1. The third kappa shape index (κ3) is 3.96. The zero-order valence-electron chi connectivity index (χ0n) is 12.9. The molecule has 122 valence electrons. The van der Waals surface area contributed by atoms with Crippen molar-refractivity contribution in [3.05, 3.63) is 39.4 Å². The molecule has 7 heteroatoms. The molecule has 1 aliphatic rings. The highest BCUT2D eigenvalue weighted by Crippen LogP contribution is 2.24. The minimum Gasteiger partial charge on any atom is -0.339 e. The van der Waals surface area contributed by atoms with Crippen LogP contribution >= 0.6 is 12.4 Å². The van der Waals surface area contributed by atoms with Crippen LogP contribution in [-0.4, -0.2) is 42.4 Å². The Hall–Kier alpha value is -1.66. The summed E-state index contributed by atoms with van der Waals surface area (Å²) in [6, 6.07) is 4.68. The van der Waals surface area contributed by atoms with Gasteiger partial charge in [-0.2, -0.15) is 0 Å². The monoisotopic (exact) mass is 327 g/mol. The summed E-state index contributed by atoms with van der Waals surface area (Å²) >= 11 is 0. The van der Waals surface area contributed by atoms with Crippen molar-refractivity contribution < 1.29 is 9.72 Å². The minimum atomic E-state index is -0.439. The average molecular weight is 328 g/mol. The molecule has 1 amide bonds. The fourth-order valence-corrected chi connectivity index (χ4v) is 2.85. The summed E-state index contributed by atoms with van der Waals surface area (Å²) in [5.41, 5.74) is 0.895. The van der Waals surface area contributed by atoms with E-state index in [1.165, 1.54) is 6.07 Å². The summed E-state index contributed by atoms with van der Waals surface area (Å²) in [6.07, 6.45) is 1.95. The Bertz CT molecular complexity index is 543. The molecule has 1 fully saturated rings. The van der Waals surface area contributed by atoms with Crippen LogP contribution in [0.1, 0.15) is 28.8 Å². The predicted molar refractivity (Wildman–Crippen MR) is 87.6 cm³/mol. The van der Waals surface area contributed by atoms with Crippen molar-refractivity contribution in [3.63, 3.8) is 0 Å². The zero-order valence-corrected chi connectivity index (χ0v) is 13.7. The average Bonchev–Trinajstić information content (AvgIpc) is 2.47. The van der Waals surface area contributed by atoms with E-state index in [1.54, 1.807) is 24.0 Å². The van der Waals surface area contributed by atoms with Crippen LogP contribution in [-0.2, 0) is 0 Å². The molecule has 1 aliphatic heterocycles. The van der Waals surface area contributed by atoms with Gasteiger partial charge in [0.25, 0.3) is 11.6 Å². The van der Waals surface area contributed by atoms with Gasteiger partial charge in [0.15, 0.2) is 0 Å². The summed E-state index contributed by atoms with van der Waals surface area (Å²) in [5.74, 6) is 0.504. The van der Waals surface area contributed by atoms with Crippen molar-refractivity contribution in [1.82, 2.24) is 10.2 Å². The molecule has 0 radical (unpaired) electrons. The molecule has 1 heterocycles. The second kappa shape index (κ2) is 8.10. The van der Waals surface area contributed by atoms with E-state index in [0.717, 1.165) is 19.4 Å². The number of benzene rings is 1. The van der Waals surface area contributed by atoms with Crippen molar-refractivity contribution in [2.75, 3.05) is 26.7 Å². The number of amides is 1. The Balaban J connectivity index is 0.00000242. The molecule has 6 nitrogen and oxygen atoms in total. The van der Waals surface area contributed by atoms with E-state index in [9.17, 15) is 14.9 Å². The maximum Gasteiger partial charge on any atom is 0.273 e. The van der Waals surface area contributed by atoms with Crippen LogP contribution in [0.2, 0.25) is 0 Å². The van der Waals surface area contributed by atoms with Crippen LogP contribution in [0.5, 0.6) is 0 Å². The molecule has 1 aromatic carbocycles. The normalized spacial score (nSPS) is 15.3. The van der Waals surface area contributed by atoms with Crippen molar-refractivity contribution in [1.29, 1.82) is 0 Å². The highest BCUT2D eigenvalue weighted by molar-refractivity contribution is 5.96. The van der Waals surface area contributed by atoms with Crippen molar-refractivity contribution >= 4 is 24.0 Å². The number of nitrogens with zero attached hydrogens (tertiary/aromatic N) is 2. The van der Waals surface area contributed by atoms with Gasteiger partial charge in [0.2, 0.25) is 0 Å². The first-order valence-electron chi connectivity index (χ1n) is 7.22. The highest BCUT2D eigenvalue weighted by atomic mass is 35.5. The predicted octanol–water partition coefficient (Wildman–Crippen LogP) is 2.40. The molecule has 0 saturated carbocycles. The number of carbonyl (C=O) groups excluding carboxylic acids is 1. The molecule has 0 aromatic heterocycles. The highest BCUT2D eigenvalue weighted by Gasteiger charge is 2.26. The number of nitro benzene ring substituents is 1. The van der Waals surface area contributed by atoms with Crippen LogP contribution in [0.25, 0.3) is 0 Å². The Morgan fingerprint density at radius 3 is 2.59 bits per heavy atom. The van der Waals surface area contributed by atoms with Crippen LogP contribution in [0.4, 0.5) is 5.69 Å². The maximum absolute atomic E-state index is 12.5. The molecule has 0 unspecified atom stereocenters. The van der Waals surface area contributed by atoms with Gasteiger partial charge in [0, 0.05) is 30.3 Å². The van der Waals surface area contributed by atoms with E-state index >= 15 is 0 Å². The number of nitrogens with one attached hydrogen (secondary N) is 1. The molecule has 0 bridgehead atoms. The number of halogens is 1. The van der Waals surface area contributed by atoms with Gasteiger partial charge in [-0.3, -0.25) is 14.9 Å². The number of carbonyl (C=O) groups is 1. The van der Waals surface area contributed by atoms with Crippen molar-refractivity contribution in [3.8, 4) is 0 Å². The van der Waals surface area contributed by atoms with E-state index in [-0.39, 0.29) is 24.0 Å². The largest absolute Gasteiger partial charge is 0.339 e. The van der Waals surface area contributed by atoms with E-state index in [1.807, 2.05) is 7.05 Å². The number of rotatable bonds is 4. The Kier molecular flexibility index (Phi) is 6.77. The van der Waals surface area contributed by atoms with Gasteiger partial charge in [-0.25, -0.2) is 0 Å². The second-order valence-corrected chi connectivity index (χ2v) is 5.50. The maximum atomic E-state index is 12.5. The first kappa shape index (κ1) is 18.4. The quantitative estimate of drug-likeness (QED) is 0.680. The Labute approximate surface area is 136 Å². The van der Waals surface area contributed by atoms with Crippen molar-refractivity contribution in [2.45, 2.75) is 19.8 Å². The first-order chi connectivity index (χ1) is 10.0. The third-order valence-corrected chi connectivity index (χ3v) is 4.13. The lowest BCUT2D eigenvalue weighted by atomic mass is 9.96. The third-order valence-electron chi connectivity index (χ3n) is 4.13. The number of likely N-dealkylation sites (tertiary alicyclic amines) is 1. The molecule has 1 saturated heterocycles. The molecule has 1 N–H and O–H groups in total. The molecule has 0 spiro atoms. The minimum absolute atomic E-state index is 0. The molecular formula is C15H22ClN3O3. The number of hydrogen-bond donors (Lipinski definition) is 1. The molecule has 0 atom stereocenters.